The number of urea groups is 1. The summed E-state index contributed by atoms with van der Waals surface area (Å²) < 4.78 is 4.90. The Kier molecular flexibility index (Phi) is 5.91. The van der Waals surface area contributed by atoms with Crippen LogP contribution in [0.15, 0.2) is 30.3 Å². The third kappa shape index (κ3) is 3.71. The van der Waals surface area contributed by atoms with Gasteiger partial charge in [0.2, 0.25) is 5.91 Å². The molecule has 8 heteroatoms. The van der Waals surface area contributed by atoms with Crippen molar-refractivity contribution in [2.45, 2.75) is 56.5 Å². The van der Waals surface area contributed by atoms with Gasteiger partial charge in [0.1, 0.15) is 17.6 Å². The molecule has 1 aliphatic carbocycles. The Bertz CT molecular complexity index is 804. The molecule has 1 heterocycles. The van der Waals surface area contributed by atoms with Crippen molar-refractivity contribution in [3.63, 3.8) is 0 Å². The van der Waals surface area contributed by atoms with Crippen molar-refractivity contribution in [2.75, 3.05) is 13.7 Å². The van der Waals surface area contributed by atoms with E-state index in [1.165, 1.54) is 7.11 Å². The van der Waals surface area contributed by atoms with Gasteiger partial charge in [0.05, 0.1) is 7.11 Å². The van der Waals surface area contributed by atoms with E-state index in [0.29, 0.717) is 24.8 Å². The fraction of sp³-hybridized carbons (Fsp3) is 0.524. The smallest absolute Gasteiger partial charge is 0.331 e. The van der Waals surface area contributed by atoms with Gasteiger partial charge in [-0.05, 0) is 24.8 Å². The predicted octanol–water partition coefficient (Wildman–Crippen LogP) is 1.84. The number of amides is 4. The second-order valence-corrected chi connectivity index (χ2v) is 7.63. The van der Waals surface area contributed by atoms with E-state index < -0.39 is 41.4 Å². The highest BCUT2D eigenvalue weighted by atomic mass is 16.5. The Morgan fingerprint density at radius 2 is 1.79 bits per heavy atom. The van der Waals surface area contributed by atoms with Crippen LogP contribution in [0.2, 0.25) is 0 Å². The highest BCUT2D eigenvalue weighted by Crippen LogP contribution is 2.33. The molecule has 1 atom stereocenters. The summed E-state index contributed by atoms with van der Waals surface area (Å²) in [4.78, 5) is 51.7. The van der Waals surface area contributed by atoms with E-state index in [1.54, 1.807) is 24.3 Å². The second kappa shape index (κ2) is 8.23. The number of imide groups is 1. The number of methoxy groups -OCH3 is 1. The number of nitrogens with one attached hydrogen (secondary N) is 2. The molecule has 0 bridgehead atoms. The fourth-order valence-electron chi connectivity index (χ4n) is 4.31. The van der Waals surface area contributed by atoms with Crippen LogP contribution in [0.5, 0.6) is 0 Å². The van der Waals surface area contributed by atoms with E-state index in [9.17, 15) is 19.2 Å². The Morgan fingerprint density at radius 1 is 1.14 bits per heavy atom. The van der Waals surface area contributed by atoms with Crippen molar-refractivity contribution < 1.29 is 23.9 Å². The SMILES string of the molecule is CC[C@]1(c2ccccc2)NC(=O)N(CC(=O)NC2(C(=O)OC)CCCCC2)C1=O. The summed E-state index contributed by atoms with van der Waals surface area (Å²) >= 11 is 0. The van der Waals surface area contributed by atoms with Crippen molar-refractivity contribution in [1.82, 2.24) is 15.5 Å². The molecule has 1 saturated carbocycles. The molecule has 0 unspecified atom stereocenters. The van der Waals surface area contributed by atoms with Crippen LogP contribution < -0.4 is 10.6 Å². The molecule has 2 fully saturated rings. The van der Waals surface area contributed by atoms with Crippen LogP contribution in [0.25, 0.3) is 0 Å². The van der Waals surface area contributed by atoms with Crippen LogP contribution in [-0.4, -0.2) is 47.9 Å². The average Bonchev–Trinajstić information content (AvgIpc) is 2.99. The van der Waals surface area contributed by atoms with E-state index in [1.807, 2.05) is 13.0 Å². The van der Waals surface area contributed by atoms with Gasteiger partial charge < -0.3 is 15.4 Å². The van der Waals surface area contributed by atoms with E-state index in [4.69, 9.17) is 4.74 Å². The maximum atomic E-state index is 13.1. The summed E-state index contributed by atoms with van der Waals surface area (Å²) in [5.41, 5.74) is -1.62. The molecule has 0 aromatic heterocycles. The van der Waals surface area contributed by atoms with Crippen molar-refractivity contribution in [2.24, 2.45) is 0 Å². The van der Waals surface area contributed by atoms with Crippen LogP contribution in [0.4, 0.5) is 4.79 Å². The topological polar surface area (TPSA) is 105 Å². The maximum Gasteiger partial charge on any atom is 0.331 e. The van der Waals surface area contributed by atoms with Gasteiger partial charge in [0.25, 0.3) is 5.91 Å². The van der Waals surface area contributed by atoms with Crippen LogP contribution in [0.3, 0.4) is 0 Å². The van der Waals surface area contributed by atoms with Gasteiger partial charge in [-0.2, -0.15) is 0 Å². The predicted molar refractivity (Wildman–Crippen MR) is 105 cm³/mol. The first-order valence-corrected chi connectivity index (χ1v) is 9.97. The lowest BCUT2D eigenvalue weighted by Gasteiger charge is -2.35. The number of hydrogen-bond donors (Lipinski definition) is 2. The summed E-state index contributed by atoms with van der Waals surface area (Å²) in [5.74, 6) is -1.52. The molecule has 1 aliphatic heterocycles. The molecule has 8 nitrogen and oxygen atoms in total. The number of carbonyl (C=O) groups is 4. The van der Waals surface area contributed by atoms with Gasteiger partial charge in [0.15, 0.2) is 0 Å². The van der Waals surface area contributed by atoms with Crippen molar-refractivity contribution in [3.8, 4) is 0 Å². The molecule has 0 spiro atoms. The first-order valence-electron chi connectivity index (χ1n) is 9.97. The standard InChI is InChI=1S/C21H27N3O5/c1-3-21(15-10-6-4-7-11-15)17(26)24(19(28)23-21)14-16(25)22-20(18(27)29-2)12-8-5-9-13-20/h4,6-7,10-11H,3,5,8-9,12-14H2,1-2H3,(H,22,25)(H,23,28)/t21-/m1/s1. The number of hydrogen-bond acceptors (Lipinski definition) is 5. The van der Waals surface area contributed by atoms with Gasteiger partial charge >= 0.3 is 12.0 Å². The summed E-state index contributed by atoms with van der Waals surface area (Å²) in [6, 6.07) is 8.36. The second-order valence-electron chi connectivity index (χ2n) is 7.63. The molecule has 2 N–H and O–H groups in total. The molecule has 29 heavy (non-hydrogen) atoms. The Hall–Kier alpha value is -2.90. The van der Waals surface area contributed by atoms with Gasteiger partial charge in [-0.25, -0.2) is 9.59 Å². The number of ether oxygens (including phenoxy) is 1. The summed E-state index contributed by atoms with van der Waals surface area (Å²) in [5, 5.41) is 5.50. The Labute approximate surface area is 170 Å². The third-order valence-corrected chi connectivity index (χ3v) is 5.94. The third-order valence-electron chi connectivity index (χ3n) is 5.94. The normalized spacial score (nSPS) is 23.4. The lowest BCUT2D eigenvalue weighted by Crippen LogP contribution is -2.58. The van der Waals surface area contributed by atoms with Gasteiger partial charge in [-0.15, -0.1) is 0 Å². The lowest BCUT2D eigenvalue weighted by atomic mass is 9.81. The van der Waals surface area contributed by atoms with Crippen LogP contribution in [-0.2, 0) is 24.7 Å². The monoisotopic (exact) mass is 401 g/mol. The van der Waals surface area contributed by atoms with Gasteiger partial charge in [-0.1, -0.05) is 56.5 Å². The molecule has 156 valence electrons. The molecular weight excluding hydrogens is 374 g/mol. The van der Waals surface area contributed by atoms with Gasteiger partial charge in [-0.3, -0.25) is 14.5 Å². The minimum Gasteiger partial charge on any atom is -0.467 e. The number of benzene rings is 1. The minimum absolute atomic E-state index is 0.353. The van der Waals surface area contributed by atoms with E-state index in [0.717, 1.165) is 24.2 Å². The molecule has 1 aromatic carbocycles. The van der Waals surface area contributed by atoms with Crippen molar-refractivity contribution >= 4 is 23.8 Å². The molecule has 3 rings (SSSR count). The van der Waals surface area contributed by atoms with Crippen LogP contribution in [0.1, 0.15) is 51.0 Å². The zero-order chi connectivity index (χ0) is 21.1. The molecule has 1 aromatic rings. The molecular formula is C21H27N3O5. The zero-order valence-corrected chi connectivity index (χ0v) is 16.8. The van der Waals surface area contributed by atoms with E-state index in [2.05, 4.69) is 10.6 Å². The Balaban J connectivity index is 1.77. The van der Waals surface area contributed by atoms with Crippen LogP contribution >= 0.6 is 0 Å². The number of rotatable bonds is 6. The summed E-state index contributed by atoms with van der Waals surface area (Å²) in [7, 11) is 1.29. The number of nitrogens with zero attached hydrogens (tertiary/aromatic N) is 1. The highest BCUT2D eigenvalue weighted by Gasteiger charge is 2.52. The first kappa shape index (κ1) is 20.8. The van der Waals surface area contributed by atoms with E-state index >= 15 is 0 Å². The Morgan fingerprint density at radius 3 is 2.38 bits per heavy atom. The fourth-order valence-corrected chi connectivity index (χ4v) is 4.31. The van der Waals surface area contributed by atoms with E-state index in [-0.39, 0.29) is 0 Å². The maximum absolute atomic E-state index is 13.1. The summed E-state index contributed by atoms with van der Waals surface area (Å²) in [6.07, 6.45) is 3.89. The molecule has 2 aliphatic rings. The summed E-state index contributed by atoms with van der Waals surface area (Å²) in [6.45, 7) is 1.36. The van der Waals surface area contributed by atoms with Gasteiger partial charge in [0, 0.05) is 0 Å². The molecule has 0 radical (unpaired) electrons. The molecule has 4 amide bonds. The average molecular weight is 401 g/mol. The van der Waals surface area contributed by atoms with Crippen molar-refractivity contribution in [3.05, 3.63) is 35.9 Å². The zero-order valence-electron chi connectivity index (χ0n) is 16.8. The quantitative estimate of drug-likeness (QED) is 0.559. The van der Waals surface area contributed by atoms with Crippen molar-refractivity contribution in [1.29, 1.82) is 0 Å². The molecule has 1 saturated heterocycles. The van der Waals surface area contributed by atoms with Crippen LogP contribution in [0, 0.1) is 0 Å². The first-order chi connectivity index (χ1) is 13.9. The number of carbonyl (C=O) groups excluding carboxylic acids is 4. The highest BCUT2D eigenvalue weighted by molar-refractivity contribution is 6.09. The minimum atomic E-state index is -1.19. The lowest BCUT2D eigenvalue weighted by molar-refractivity contribution is -0.152. The number of esters is 1. The largest absolute Gasteiger partial charge is 0.467 e.